The molecule has 3 heterocycles. The summed E-state index contributed by atoms with van der Waals surface area (Å²) < 4.78 is 10.9. The Labute approximate surface area is 142 Å². The minimum absolute atomic E-state index is 0.0866. The summed E-state index contributed by atoms with van der Waals surface area (Å²) in [5.74, 6) is -0.0866. The molecule has 132 valence electrons. The first-order valence-electron chi connectivity index (χ1n) is 8.70. The smallest absolute Gasteiger partial charge is 0.252 e. The highest BCUT2D eigenvalue weighted by Gasteiger charge is 2.15. The maximum Gasteiger partial charge on any atom is 0.252 e. The molecule has 0 spiro atoms. The number of aromatic nitrogens is 1. The van der Waals surface area contributed by atoms with E-state index in [0.29, 0.717) is 12.1 Å². The maximum absolute atomic E-state index is 12.3. The Morgan fingerprint density at radius 3 is 2.96 bits per heavy atom. The van der Waals surface area contributed by atoms with Crippen molar-refractivity contribution in [3.05, 3.63) is 24.0 Å². The van der Waals surface area contributed by atoms with Gasteiger partial charge in [-0.1, -0.05) is 0 Å². The molecule has 0 aromatic carbocycles. The number of morpholine rings is 1. The Bertz CT molecular complexity index is 528. The first-order valence-corrected chi connectivity index (χ1v) is 8.70. The largest absolute Gasteiger partial charge is 0.381 e. The van der Waals surface area contributed by atoms with E-state index in [9.17, 15) is 4.79 Å². The molecule has 0 saturated carbocycles. The fraction of sp³-hybridized carbons (Fsp3) is 0.647. The van der Waals surface area contributed by atoms with Crippen LogP contribution in [0.4, 0.5) is 5.69 Å². The molecule has 2 aliphatic heterocycles. The number of nitrogens with zero attached hydrogens (tertiary/aromatic N) is 2. The zero-order valence-electron chi connectivity index (χ0n) is 14.0. The number of amides is 1. The van der Waals surface area contributed by atoms with Gasteiger partial charge >= 0.3 is 0 Å². The molecule has 0 bridgehead atoms. The number of anilines is 1. The van der Waals surface area contributed by atoms with Gasteiger partial charge in [0.2, 0.25) is 0 Å². The number of hydrogen-bond acceptors (Lipinski definition) is 6. The molecular weight excluding hydrogens is 308 g/mol. The van der Waals surface area contributed by atoms with Crippen molar-refractivity contribution in [1.82, 2.24) is 15.2 Å². The Hall–Kier alpha value is -1.70. The third kappa shape index (κ3) is 5.15. The van der Waals surface area contributed by atoms with Crippen LogP contribution < -0.4 is 10.6 Å². The average Bonchev–Trinajstić information content (AvgIpc) is 3.15. The van der Waals surface area contributed by atoms with Gasteiger partial charge in [0.1, 0.15) is 0 Å². The number of carbonyl (C=O) groups excluding carboxylic acids is 1. The van der Waals surface area contributed by atoms with Crippen LogP contribution in [0.3, 0.4) is 0 Å². The summed E-state index contributed by atoms with van der Waals surface area (Å²) >= 11 is 0. The van der Waals surface area contributed by atoms with E-state index in [2.05, 4.69) is 20.5 Å². The number of hydrogen-bond donors (Lipinski definition) is 2. The van der Waals surface area contributed by atoms with E-state index in [4.69, 9.17) is 9.47 Å². The summed E-state index contributed by atoms with van der Waals surface area (Å²) in [5.41, 5.74) is 1.43. The van der Waals surface area contributed by atoms with Gasteiger partial charge in [0.05, 0.1) is 30.6 Å². The van der Waals surface area contributed by atoms with Gasteiger partial charge in [0.15, 0.2) is 0 Å². The van der Waals surface area contributed by atoms with Crippen molar-refractivity contribution in [1.29, 1.82) is 0 Å². The van der Waals surface area contributed by atoms with Crippen LogP contribution in [0.25, 0.3) is 0 Å². The molecule has 1 unspecified atom stereocenters. The molecule has 1 aromatic heterocycles. The summed E-state index contributed by atoms with van der Waals surface area (Å²) in [5, 5.41) is 6.26. The van der Waals surface area contributed by atoms with Gasteiger partial charge in [-0.3, -0.25) is 14.7 Å². The molecule has 7 nitrogen and oxygen atoms in total. The molecule has 2 aliphatic rings. The van der Waals surface area contributed by atoms with Gasteiger partial charge in [-0.15, -0.1) is 0 Å². The Morgan fingerprint density at radius 1 is 1.29 bits per heavy atom. The van der Waals surface area contributed by atoms with Crippen molar-refractivity contribution in [3.63, 3.8) is 0 Å². The molecule has 1 atom stereocenters. The summed E-state index contributed by atoms with van der Waals surface area (Å²) in [7, 11) is 0. The highest BCUT2D eigenvalue weighted by molar-refractivity contribution is 5.94. The number of ether oxygens (including phenoxy) is 2. The molecular formula is C17H26N4O3. The van der Waals surface area contributed by atoms with Crippen molar-refractivity contribution in [2.45, 2.75) is 18.9 Å². The van der Waals surface area contributed by atoms with Crippen LogP contribution in [-0.2, 0) is 9.47 Å². The standard InChI is InChI=1S/C17H26N4O3/c22-17(19-3-4-21-5-8-23-9-6-21)14-10-15(12-18-11-14)20-13-16-2-1-7-24-16/h10-12,16,20H,1-9,13H2,(H,19,22). The molecule has 24 heavy (non-hydrogen) atoms. The van der Waals surface area contributed by atoms with E-state index in [0.717, 1.165) is 64.5 Å². The van der Waals surface area contributed by atoms with Crippen LogP contribution in [0.15, 0.2) is 18.5 Å². The van der Waals surface area contributed by atoms with Crippen LogP contribution in [0, 0.1) is 0 Å². The highest BCUT2D eigenvalue weighted by Crippen LogP contribution is 2.14. The van der Waals surface area contributed by atoms with E-state index in [-0.39, 0.29) is 12.0 Å². The summed E-state index contributed by atoms with van der Waals surface area (Å²) in [6.45, 7) is 6.48. The van der Waals surface area contributed by atoms with Gasteiger partial charge in [-0.25, -0.2) is 0 Å². The van der Waals surface area contributed by atoms with Gasteiger partial charge in [0, 0.05) is 51.7 Å². The minimum atomic E-state index is -0.0866. The Kier molecular flexibility index (Phi) is 6.40. The Morgan fingerprint density at radius 2 is 2.17 bits per heavy atom. The number of carbonyl (C=O) groups is 1. The van der Waals surface area contributed by atoms with Gasteiger partial charge in [-0.05, 0) is 18.9 Å². The molecule has 0 radical (unpaired) electrons. The third-order valence-electron chi connectivity index (χ3n) is 4.38. The number of pyridine rings is 1. The van der Waals surface area contributed by atoms with E-state index in [1.807, 2.05) is 6.07 Å². The fourth-order valence-corrected chi connectivity index (χ4v) is 2.95. The third-order valence-corrected chi connectivity index (χ3v) is 4.38. The predicted molar refractivity (Wildman–Crippen MR) is 91.3 cm³/mol. The summed E-state index contributed by atoms with van der Waals surface area (Å²) in [6.07, 6.45) is 5.80. The van der Waals surface area contributed by atoms with E-state index >= 15 is 0 Å². The van der Waals surface area contributed by atoms with E-state index < -0.39 is 0 Å². The van der Waals surface area contributed by atoms with Crippen molar-refractivity contribution >= 4 is 11.6 Å². The second-order valence-electron chi connectivity index (χ2n) is 6.19. The SMILES string of the molecule is O=C(NCCN1CCOCC1)c1cncc(NCC2CCCO2)c1. The molecule has 3 rings (SSSR count). The van der Waals surface area contributed by atoms with Crippen LogP contribution in [-0.4, -0.2) is 74.4 Å². The van der Waals surface area contributed by atoms with Gasteiger partial charge in [-0.2, -0.15) is 0 Å². The van der Waals surface area contributed by atoms with Crippen LogP contribution in [0.5, 0.6) is 0 Å². The lowest BCUT2D eigenvalue weighted by atomic mass is 10.2. The predicted octanol–water partition coefficient (Wildman–Crippen LogP) is 0.735. The molecule has 2 saturated heterocycles. The zero-order valence-corrected chi connectivity index (χ0v) is 14.0. The van der Waals surface area contributed by atoms with Crippen molar-refractivity contribution in [2.24, 2.45) is 0 Å². The van der Waals surface area contributed by atoms with Gasteiger partial charge in [0.25, 0.3) is 5.91 Å². The van der Waals surface area contributed by atoms with Crippen molar-refractivity contribution in [2.75, 3.05) is 57.9 Å². The molecule has 7 heteroatoms. The van der Waals surface area contributed by atoms with Crippen LogP contribution >= 0.6 is 0 Å². The molecule has 0 aliphatic carbocycles. The lowest BCUT2D eigenvalue weighted by Crippen LogP contribution is -2.41. The topological polar surface area (TPSA) is 75.7 Å². The first kappa shape index (κ1) is 17.1. The van der Waals surface area contributed by atoms with E-state index in [1.54, 1.807) is 12.4 Å². The van der Waals surface area contributed by atoms with Crippen molar-refractivity contribution < 1.29 is 14.3 Å². The number of nitrogens with one attached hydrogen (secondary N) is 2. The lowest BCUT2D eigenvalue weighted by molar-refractivity contribution is 0.0383. The first-order chi connectivity index (χ1) is 11.8. The van der Waals surface area contributed by atoms with Crippen LogP contribution in [0.2, 0.25) is 0 Å². The Balaban J connectivity index is 1.42. The number of rotatable bonds is 7. The minimum Gasteiger partial charge on any atom is -0.381 e. The maximum atomic E-state index is 12.3. The molecule has 1 amide bonds. The zero-order chi connectivity index (χ0) is 16.6. The fourth-order valence-electron chi connectivity index (χ4n) is 2.95. The molecule has 2 N–H and O–H groups in total. The quantitative estimate of drug-likeness (QED) is 0.766. The van der Waals surface area contributed by atoms with Gasteiger partial charge < -0.3 is 20.1 Å². The second kappa shape index (κ2) is 8.96. The van der Waals surface area contributed by atoms with Crippen LogP contribution in [0.1, 0.15) is 23.2 Å². The molecule has 2 fully saturated rings. The van der Waals surface area contributed by atoms with E-state index in [1.165, 1.54) is 0 Å². The lowest BCUT2D eigenvalue weighted by Gasteiger charge is -2.26. The second-order valence-corrected chi connectivity index (χ2v) is 6.19. The average molecular weight is 334 g/mol. The summed E-state index contributed by atoms with van der Waals surface area (Å²) in [6, 6.07) is 1.84. The van der Waals surface area contributed by atoms with Crippen molar-refractivity contribution in [3.8, 4) is 0 Å². The summed E-state index contributed by atoms with van der Waals surface area (Å²) in [4.78, 5) is 18.7. The normalized spacial score (nSPS) is 21.6. The monoisotopic (exact) mass is 334 g/mol. The molecule has 1 aromatic rings. The highest BCUT2D eigenvalue weighted by atomic mass is 16.5.